The minimum absolute atomic E-state index is 0.0661. The largest absolute Gasteiger partial charge is 0.497 e. The van der Waals surface area contributed by atoms with E-state index in [9.17, 15) is 14.3 Å². The fourth-order valence-corrected chi connectivity index (χ4v) is 7.21. The molecule has 2 N–H and O–H groups in total. The lowest BCUT2D eigenvalue weighted by atomic mass is 9.67. The van der Waals surface area contributed by atoms with Gasteiger partial charge in [0.05, 0.1) is 19.8 Å². The summed E-state index contributed by atoms with van der Waals surface area (Å²) in [4.78, 5) is 21.2. The van der Waals surface area contributed by atoms with E-state index in [0.29, 0.717) is 18.0 Å². The molecule has 202 valence electrons. The quantitative estimate of drug-likeness (QED) is 0.480. The Morgan fingerprint density at radius 2 is 1.97 bits per heavy atom. The molecule has 1 saturated heterocycles. The summed E-state index contributed by atoms with van der Waals surface area (Å²) in [6, 6.07) is 12.9. The monoisotopic (exact) mass is 519 g/mol. The summed E-state index contributed by atoms with van der Waals surface area (Å²) in [5.74, 6) is 1.08. The second-order valence-electron chi connectivity index (χ2n) is 11.6. The van der Waals surface area contributed by atoms with Crippen molar-refractivity contribution in [2.75, 3.05) is 26.8 Å². The highest BCUT2D eigenvalue weighted by molar-refractivity contribution is 5.88. The number of H-pyrrole nitrogens is 1. The molecule has 3 atom stereocenters. The Labute approximate surface area is 223 Å². The third-order valence-electron chi connectivity index (χ3n) is 9.51. The van der Waals surface area contributed by atoms with Crippen LogP contribution in [0.2, 0.25) is 0 Å². The normalized spacial score (nSPS) is 26.3. The number of ether oxygens (including phenoxy) is 1. The Morgan fingerprint density at radius 3 is 2.66 bits per heavy atom. The lowest BCUT2D eigenvalue weighted by molar-refractivity contribution is -0.142. The number of likely N-dealkylation sites (tertiary alicyclic amines) is 1. The predicted octanol–water partition coefficient (Wildman–Crippen LogP) is 5.30. The molecule has 7 heteroatoms. The second kappa shape index (κ2) is 10.0. The summed E-state index contributed by atoms with van der Waals surface area (Å²) >= 11 is 0. The molecular formula is C31H38FN3O3. The van der Waals surface area contributed by atoms with Gasteiger partial charge in [0.1, 0.15) is 11.6 Å². The summed E-state index contributed by atoms with van der Waals surface area (Å²) in [5.41, 5.74) is 3.74. The van der Waals surface area contributed by atoms with Gasteiger partial charge in [0.25, 0.3) is 0 Å². The van der Waals surface area contributed by atoms with E-state index in [-0.39, 0.29) is 35.8 Å². The lowest BCUT2D eigenvalue weighted by Gasteiger charge is -2.47. The first-order valence-corrected chi connectivity index (χ1v) is 14.0. The number of carbonyl (C=O) groups is 1. The lowest BCUT2D eigenvalue weighted by Crippen LogP contribution is -2.53. The number of aliphatic hydroxyl groups is 1. The van der Waals surface area contributed by atoms with Gasteiger partial charge in [-0.3, -0.25) is 9.69 Å². The Balaban J connectivity index is 1.42. The third-order valence-corrected chi connectivity index (χ3v) is 9.51. The second-order valence-corrected chi connectivity index (χ2v) is 11.6. The molecule has 2 aliphatic heterocycles. The smallest absolute Gasteiger partial charge is 0.225 e. The number of fused-ring (bicyclic) bond motifs is 4. The summed E-state index contributed by atoms with van der Waals surface area (Å²) in [5, 5.41) is 11.9. The highest BCUT2D eigenvalue weighted by Gasteiger charge is 2.47. The molecule has 1 aromatic heterocycles. The van der Waals surface area contributed by atoms with Crippen molar-refractivity contribution >= 4 is 16.8 Å². The molecular weight excluding hydrogens is 481 g/mol. The van der Waals surface area contributed by atoms with Gasteiger partial charge in [-0.1, -0.05) is 24.6 Å². The van der Waals surface area contributed by atoms with Crippen molar-refractivity contribution in [3.63, 3.8) is 0 Å². The average molecular weight is 520 g/mol. The van der Waals surface area contributed by atoms with E-state index in [2.05, 4.69) is 27.8 Å². The van der Waals surface area contributed by atoms with Crippen molar-refractivity contribution in [2.24, 2.45) is 5.92 Å². The first-order chi connectivity index (χ1) is 18.4. The van der Waals surface area contributed by atoms with Gasteiger partial charge in [0.2, 0.25) is 5.91 Å². The maximum Gasteiger partial charge on any atom is 0.225 e. The molecule has 3 aromatic rings. The summed E-state index contributed by atoms with van der Waals surface area (Å²) in [6.07, 6.45) is 5.84. The summed E-state index contributed by atoms with van der Waals surface area (Å²) < 4.78 is 20.2. The molecule has 2 fully saturated rings. The molecule has 6 rings (SSSR count). The number of methoxy groups -OCH3 is 1. The van der Waals surface area contributed by atoms with E-state index in [1.807, 2.05) is 24.3 Å². The number of aromatic nitrogens is 1. The molecule has 1 spiro atoms. The van der Waals surface area contributed by atoms with Crippen molar-refractivity contribution in [3.8, 4) is 5.75 Å². The molecule has 2 aromatic carbocycles. The predicted molar refractivity (Wildman–Crippen MR) is 146 cm³/mol. The third kappa shape index (κ3) is 4.20. The number of carbonyl (C=O) groups excluding carboxylic acids is 1. The molecule has 0 radical (unpaired) electrons. The highest BCUT2D eigenvalue weighted by atomic mass is 19.1. The minimum atomic E-state index is -0.285. The number of hydrogen-bond donors (Lipinski definition) is 2. The molecule has 3 heterocycles. The van der Waals surface area contributed by atoms with Crippen molar-refractivity contribution in [2.45, 2.75) is 69.5 Å². The van der Waals surface area contributed by atoms with Gasteiger partial charge >= 0.3 is 0 Å². The van der Waals surface area contributed by atoms with Gasteiger partial charge in [-0.05, 0) is 62.8 Å². The van der Waals surface area contributed by atoms with E-state index >= 15 is 0 Å². The Hall–Kier alpha value is -2.90. The van der Waals surface area contributed by atoms with Gasteiger partial charge in [0.15, 0.2) is 0 Å². The number of benzene rings is 2. The fraction of sp³-hybridized carbons (Fsp3) is 0.516. The molecule has 3 aliphatic rings. The molecule has 0 bridgehead atoms. The number of aromatic amines is 1. The highest BCUT2D eigenvalue weighted by Crippen LogP contribution is 2.50. The molecule has 1 aliphatic carbocycles. The number of piperidine rings is 1. The van der Waals surface area contributed by atoms with Crippen LogP contribution in [0.15, 0.2) is 42.5 Å². The molecule has 38 heavy (non-hydrogen) atoms. The number of nitrogens with one attached hydrogen (secondary N) is 1. The minimum Gasteiger partial charge on any atom is -0.497 e. The van der Waals surface area contributed by atoms with Crippen molar-refractivity contribution < 1.29 is 19.0 Å². The Bertz CT molecular complexity index is 1340. The van der Waals surface area contributed by atoms with Gasteiger partial charge < -0.3 is 19.7 Å². The standard InChI is InChI=1S/C31H38FN3O3/c1-20-17-31(13-15-35(20)30(37)21-7-5-8-21)12-14-34(18-22-6-3-4-9-25(22)32)27(19-36)29-28(31)24-11-10-23(38-2)16-26(24)33-29/h3-4,6,9-11,16,20-21,27,33,36H,5,7-8,12-15,17-19H2,1-2H3/t20-,27+,31?/m0/s1. The number of nitrogens with zero attached hydrogens (tertiary/aromatic N) is 2. The van der Waals surface area contributed by atoms with Gasteiger partial charge in [0, 0.05) is 65.2 Å². The molecule has 1 unspecified atom stereocenters. The van der Waals surface area contributed by atoms with E-state index in [4.69, 9.17) is 4.74 Å². The zero-order valence-electron chi connectivity index (χ0n) is 22.4. The Morgan fingerprint density at radius 1 is 1.18 bits per heavy atom. The number of rotatable bonds is 5. The first kappa shape index (κ1) is 25.4. The van der Waals surface area contributed by atoms with Crippen LogP contribution in [0.3, 0.4) is 0 Å². The Kier molecular flexibility index (Phi) is 6.68. The van der Waals surface area contributed by atoms with Crippen LogP contribution in [0.5, 0.6) is 5.75 Å². The van der Waals surface area contributed by atoms with E-state index < -0.39 is 0 Å². The number of hydrogen-bond acceptors (Lipinski definition) is 4. The number of amides is 1. The summed E-state index contributed by atoms with van der Waals surface area (Å²) in [7, 11) is 1.67. The first-order valence-electron chi connectivity index (χ1n) is 14.0. The van der Waals surface area contributed by atoms with Crippen LogP contribution in [-0.2, 0) is 16.8 Å². The SMILES string of the molecule is COc1ccc2c3c([nH]c2c1)[C@@H](CO)N(Cc1ccccc1F)CCC31CCN(C(=O)C2CCC2)[C@@H](C)C1. The average Bonchev–Trinajstić information content (AvgIpc) is 3.21. The zero-order valence-corrected chi connectivity index (χ0v) is 22.4. The van der Waals surface area contributed by atoms with Crippen LogP contribution < -0.4 is 4.74 Å². The van der Waals surface area contributed by atoms with Crippen LogP contribution in [-0.4, -0.2) is 58.6 Å². The molecule has 6 nitrogen and oxygen atoms in total. The molecule has 1 saturated carbocycles. The van der Waals surface area contributed by atoms with Crippen LogP contribution in [0.1, 0.15) is 68.3 Å². The van der Waals surface area contributed by atoms with Crippen molar-refractivity contribution in [3.05, 3.63) is 65.1 Å². The maximum atomic E-state index is 14.7. The van der Waals surface area contributed by atoms with Gasteiger partial charge in [-0.2, -0.15) is 0 Å². The molecule has 1 amide bonds. The van der Waals surface area contributed by atoms with Crippen LogP contribution >= 0.6 is 0 Å². The van der Waals surface area contributed by atoms with Crippen molar-refractivity contribution in [1.82, 2.24) is 14.8 Å². The van der Waals surface area contributed by atoms with E-state index in [1.54, 1.807) is 13.2 Å². The van der Waals surface area contributed by atoms with E-state index in [0.717, 1.165) is 74.0 Å². The van der Waals surface area contributed by atoms with Crippen LogP contribution in [0, 0.1) is 11.7 Å². The van der Waals surface area contributed by atoms with Crippen LogP contribution in [0.25, 0.3) is 10.9 Å². The number of halogens is 1. The van der Waals surface area contributed by atoms with Crippen LogP contribution in [0.4, 0.5) is 4.39 Å². The van der Waals surface area contributed by atoms with Crippen molar-refractivity contribution in [1.29, 1.82) is 0 Å². The van der Waals surface area contributed by atoms with E-state index in [1.165, 1.54) is 11.6 Å². The zero-order chi connectivity index (χ0) is 26.4. The topological polar surface area (TPSA) is 68.8 Å². The summed E-state index contributed by atoms with van der Waals surface area (Å²) in [6.45, 7) is 4.04. The van der Waals surface area contributed by atoms with Gasteiger partial charge in [-0.15, -0.1) is 0 Å². The number of aliphatic hydroxyl groups excluding tert-OH is 1. The fourth-order valence-electron chi connectivity index (χ4n) is 7.21. The van der Waals surface area contributed by atoms with Gasteiger partial charge in [-0.25, -0.2) is 4.39 Å². The maximum absolute atomic E-state index is 14.7.